The third-order valence-corrected chi connectivity index (χ3v) is 4.10. The van der Waals surface area contributed by atoms with Crippen LogP contribution in [0.2, 0.25) is 5.02 Å². The molecular formula is C14H16ClNOS. The zero-order chi connectivity index (χ0) is 13.0. The lowest BCUT2D eigenvalue weighted by Crippen LogP contribution is -2.17. The van der Waals surface area contributed by atoms with Gasteiger partial charge in [0.15, 0.2) is 0 Å². The minimum Gasteiger partial charge on any atom is -0.496 e. The predicted octanol–water partition coefficient (Wildman–Crippen LogP) is 4.26. The van der Waals surface area contributed by atoms with Gasteiger partial charge in [-0.25, -0.2) is 0 Å². The van der Waals surface area contributed by atoms with Crippen molar-refractivity contribution >= 4 is 22.9 Å². The van der Waals surface area contributed by atoms with Crippen LogP contribution in [0, 0.1) is 0 Å². The van der Waals surface area contributed by atoms with Gasteiger partial charge in [0.05, 0.1) is 7.11 Å². The van der Waals surface area contributed by atoms with E-state index in [-0.39, 0.29) is 0 Å². The summed E-state index contributed by atoms with van der Waals surface area (Å²) >= 11 is 7.77. The highest BCUT2D eigenvalue weighted by molar-refractivity contribution is 7.10. The van der Waals surface area contributed by atoms with E-state index in [4.69, 9.17) is 16.3 Å². The zero-order valence-electron chi connectivity index (χ0n) is 10.4. The second-order valence-corrected chi connectivity index (χ2v) is 5.49. The number of methoxy groups -OCH3 is 1. The van der Waals surface area contributed by atoms with Crippen molar-refractivity contribution in [3.63, 3.8) is 0 Å². The van der Waals surface area contributed by atoms with Crippen molar-refractivity contribution in [1.29, 1.82) is 0 Å². The summed E-state index contributed by atoms with van der Waals surface area (Å²) in [7, 11) is 1.68. The molecule has 18 heavy (non-hydrogen) atoms. The van der Waals surface area contributed by atoms with E-state index in [1.807, 2.05) is 18.2 Å². The third-order valence-electron chi connectivity index (χ3n) is 2.81. The smallest absolute Gasteiger partial charge is 0.123 e. The van der Waals surface area contributed by atoms with Crippen LogP contribution in [-0.2, 0) is 6.54 Å². The van der Waals surface area contributed by atoms with E-state index in [0.29, 0.717) is 6.04 Å². The van der Waals surface area contributed by atoms with Crippen LogP contribution in [0.5, 0.6) is 5.75 Å². The molecule has 96 valence electrons. The fourth-order valence-electron chi connectivity index (χ4n) is 1.79. The van der Waals surface area contributed by atoms with E-state index in [9.17, 15) is 0 Å². The molecule has 0 amide bonds. The molecule has 2 nitrogen and oxygen atoms in total. The molecule has 1 atom stereocenters. The van der Waals surface area contributed by atoms with E-state index in [2.05, 4.69) is 29.8 Å². The molecule has 0 fully saturated rings. The molecule has 2 rings (SSSR count). The van der Waals surface area contributed by atoms with Crippen LogP contribution in [-0.4, -0.2) is 7.11 Å². The van der Waals surface area contributed by atoms with Gasteiger partial charge < -0.3 is 10.1 Å². The average molecular weight is 282 g/mol. The Kier molecular flexibility index (Phi) is 4.64. The Bertz CT molecular complexity index is 499. The Balaban J connectivity index is 2.03. The summed E-state index contributed by atoms with van der Waals surface area (Å²) in [6, 6.07) is 10.2. The maximum Gasteiger partial charge on any atom is 0.123 e. The molecule has 0 aliphatic carbocycles. The minimum atomic E-state index is 0.327. The molecule has 1 N–H and O–H groups in total. The highest BCUT2D eigenvalue weighted by Crippen LogP contribution is 2.24. The van der Waals surface area contributed by atoms with Crippen LogP contribution in [0.1, 0.15) is 23.4 Å². The molecule has 0 unspecified atom stereocenters. The number of hydrogen-bond donors (Lipinski definition) is 1. The highest BCUT2D eigenvalue weighted by Gasteiger charge is 2.08. The molecule has 0 saturated carbocycles. The summed E-state index contributed by atoms with van der Waals surface area (Å²) < 4.78 is 5.33. The number of ether oxygens (including phenoxy) is 1. The number of nitrogens with one attached hydrogen (secondary N) is 1. The van der Waals surface area contributed by atoms with Gasteiger partial charge in [0.2, 0.25) is 0 Å². The Hall–Kier alpha value is -1.03. The normalized spacial score (nSPS) is 12.4. The van der Waals surface area contributed by atoms with Gasteiger partial charge in [0.1, 0.15) is 5.75 Å². The first-order valence-electron chi connectivity index (χ1n) is 5.80. The molecule has 0 saturated heterocycles. The van der Waals surface area contributed by atoms with Crippen LogP contribution in [0.3, 0.4) is 0 Å². The van der Waals surface area contributed by atoms with Crippen molar-refractivity contribution in [2.24, 2.45) is 0 Å². The fourth-order valence-corrected chi connectivity index (χ4v) is 2.74. The van der Waals surface area contributed by atoms with Gasteiger partial charge in [-0.05, 0) is 36.6 Å². The largest absolute Gasteiger partial charge is 0.496 e. The van der Waals surface area contributed by atoms with Gasteiger partial charge in [0, 0.05) is 28.0 Å². The van der Waals surface area contributed by atoms with Gasteiger partial charge in [-0.15, -0.1) is 11.3 Å². The predicted molar refractivity (Wildman–Crippen MR) is 77.6 cm³/mol. The summed E-state index contributed by atoms with van der Waals surface area (Å²) in [4.78, 5) is 1.33. The van der Waals surface area contributed by atoms with Crippen molar-refractivity contribution in [3.8, 4) is 5.75 Å². The second kappa shape index (κ2) is 6.23. The summed E-state index contributed by atoms with van der Waals surface area (Å²) in [5, 5.41) is 6.30. The average Bonchev–Trinajstić information content (AvgIpc) is 2.90. The molecule has 0 bridgehead atoms. The Morgan fingerprint density at radius 2 is 2.22 bits per heavy atom. The number of rotatable bonds is 5. The topological polar surface area (TPSA) is 21.3 Å². The van der Waals surface area contributed by atoms with Crippen LogP contribution in [0.25, 0.3) is 0 Å². The summed E-state index contributed by atoms with van der Waals surface area (Å²) in [6.07, 6.45) is 0. The maximum absolute atomic E-state index is 6.01. The minimum absolute atomic E-state index is 0.327. The summed E-state index contributed by atoms with van der Waals surface area (Å²) in [6.45, 7) is 2.89. The first-order valence-corrected chi connectivity index (χ1v) is 7.05. The van der Waals surface area contributed by atoms with E-state index < -0.39 is 0 Å². The number of halogens is 1. The van der Waals surface area contributed by atoms with Gasteiger partial charge >= 0.3 is 0 Å². The van der Waals surface area contributed by atoms with Crippen molar-refractivity contribution in [2.75, 3.05) is 7.11 Å². The first kappa shape index (κ1) is 13.4. The fraction of sp³-hybridized carbons (Fsp3) is 0.286. The number of benzene rings is 1. The Morgan fingerprint density at radius 3 is 2.89 bits per heavy atom. The van der Waals surface area contributed by atoms with E-state index >= 15 is 0 Å². The highest BCUT2D eigenvalue weighted by atomic mass is 35.5. The quantitative estimate of drug-likeness (QED) is 0.884. The SMILES string of the molecule is COc1ccc(Cl)cc1CN[C@@H](C)c1cccs1. The first-order chi connectivity index (χ1) is 8.70. The molecule has 0 aliphatic heterocycles. The second-order valence-electron chi connectivity index (χ2n) is 4.07. The molecule has 1 aromatic carbocycles. The monoisotopic (exact) mass is 281 g/mol. The van der Waals surface area contributed by atoms with Crippen LogP contribution >= 0.6 is 22.9 Å². The molecule has 4 heteroatoms. The molecule has 0 aliphatic rings. The lowest BCUT2D eigenvalue weighted by Gasteiger charge is -2.14. The molecule has 0 radical (unpaired) electrons. The van der Waals surface area contributed by atoms with Crippen LogP contribution < -0.4 is 10.1 Å². The van der Waals surface area contributed by atoms with Crippen molar-refractivity contribution in [3.05, 3.63) is 51.2 Å². The summed E-state index contributed by atoms with van der Waals surface area (Å²) in [5.74, 6) is 0.866. The molecule has 1 heterocycles. The molecule has 0 spiro atoms. The number of thiophene rings is 1. The van der Waals surface area contributed by atoms with Crippen LogP contribution in [0.15, 0.2) is 35.7 Å². The van der Waals surface area contributed by atoms with Crippen molar-refractivity contribution < 1.29 is 4.74 Å². The lowest BCUT2D eigenvalue weighted by molar-refractivity contribution is 0.406. The zero-order valence-corrected chi connectivity index (χ0v) is 12.0. The third kappa shape index (κ3) is 3.25. The number of hydrogen-bond acceptors (Lipinski definition) is 3. The Labute approximate surface area is 117 Å². The van der Waals surface area contributed by atoms with Crippen molar-refractivity contribution in [2.45, 2.75) is 19.5 Å². The van der Waals surface area contributed by atoms with Crippen LogP contribution in [0.4, 0.5) is 0 Å². The van der Waals surface area contributed by atoms with E-state index in [1.54, 1.807) is 18.4 Å². The molecule has 2 aromatic rings. The van der Waals surface area contributed by atoms with Gasteiger partial charge in [-0.1, -0.05) is 17.7 Å². The van der Waals surface area contributed by atoms with Gasteiger partial charge in [-0.2, -0.15) is 0 Å². The van der Waals surface area contributed by atoms with E-state index in [0.717, 1.165) is 22.9 Å². The lowest BCUT2D eigenvalue weighted by atomic mass is 10.2. The van der Waals surface area contributed by atoms with Gasteiger partial charge in [0.25, 0.3) is 0 Å². The van der Waals surface area contributed by atoms with E-state index in [1.165, 1.54) is 4.88 Å². The van der Waals surface area contributed by atoms with Gasteiger partial charge in [-0.3, -0.25) is 0 Å². The standard InChI is InChI=1S/C14H16ClNOS/c1-10(14-4-3-7-18-14)16-9-11-8-12(15)5-6-13(11)17-2/h3-8,10,16H,9H2,1-2H3/t10-/m0/s1. The molecule has 1 aromatic heterocycles. The molecular weight excluding hydrogens is 266 g/mol. The Morgan fingerprint density at radius 1 is 1.39 bits per heavy atom. The summed E-state index contributed by atoms with van der Waals surface area (Å²) in [5.41, 5.74) is 1.08. The maximum atomic E-state index is 6.01. The van der Waals surface area contributed by atoms with Crippen molar-refractivity contribution in [1.82, 2.24) is 5.32 Å².